The summed E-state index contributed by atoms with van der Waals surface area (Å²) in [5.41, 5.74) is 0.946. The number of benzene rings is 1. The monoisotopic (exact) mass is 234 g/mol. The van der Waals surface area contributed by atoms with Gasteiger partial charge in [-0.25, -0.2) is 4.79 Å². The zero-order valence-corrected chi connectivity index (χ0v) is 10.3. The SMILES string of the molecule is CCCOc1ccc(/C=C/C(=O)OCC)cc1. The summed E-state index contributed by atoms with van der Waals surface area (Å²) >= 11 is 0. The van der Waals surface area contributed by atoms with E-state index in [0.717, 1.165) is 24.3 Å². The third-order valence-corrected chi connectivity index (χ3v) is 2.05. The van der Waals surface area contributed by atoms with Crippen LogP contribution in [0.15, 0.2) is 30.3 Å². The van der Waals surface area contributed by atoms with Crippen LogP contribution in [0.2, 0.25) is 0 Å². The van der Waals surface area contributed by atoms with E-state index in [9.17, 15) is 4.79 Å². The van der Waals surface area contributed by atoms with Crippen LogP contribution >= 0.6 is 0 Å². The topological polar surface area (TPSA) is 35.5 Å². The van der Waals surface area contributed by atoms with Crippen molar-refractivity contribution in [1.82, 2.24) is 0 Å². The summed E-state index contributed by atoms with van der Waals surface area (Å²) in [5, 5.41) is 0. The average Bonchev–Trinajstić information content (AvgIpc) is 2.35. The normalized spacial score (nSPS) is 10.5. The number of rotatable bonds is 6. The van der Waals surface area contributed by atoms with E-state index in [1.54, 1.807) is 13.0 Å². The van der Waals surface area contributed by atoms with E-state index in [1.807, 2.05) is 24.3 Å². The molecule has 1 aromatic carbocycles. The molecule has 0 aliphatic rings. The Morgan fingerprint density at radius 3 is 2.53 bits per heavy atom. The molecule has 0 N–H and O–H groups in total. The zero-order valence-electron chi connectivity index (χ0n) is 10.3. The van der Waals surface area contributed by atoms with Crippen LogP contribution in [0, 0.1) is 0 Å². The second kappa shape index (κ2) is 7.49. The summed E-state index contributed by atoms with van der Waals surface area (Å²) in [6.07, 6.45) is 4.14. The summed E-state index contributed by atoms with van der Waals surface area (Å²) in [5.74, 6) is 0.527. The smallest absolute Gasteiger partial charge is 0.330 e. The summed E-state index contributed by atoms with van der Waals surface area (Å²) in [4.78, 5) is 11.1. The molecule has 0 fully saturated rings. The van der Waals surface area contributed by atoms with Gasteiger partial charge < -0.3 is 9.47 Å². The minimum atomic E-state index is -0.321. The van der Waals surface area contributed by atoms with Gasteiger partial charge in [-0.1, -0.05) is 19.1 Å². The number of hydrogen-bond donors (Lipinski definition) is 0. The van der Waals surface area contributed by atoms with Crippen LogP contribution in [0.25, 0.3) is 6.08 Å². The summed E-state index contributed by atoms with van der Waals surface area (Å²) in [6, 6.07) is 7.59. The highest BCUT2D eigenvalue weighted by Crippen LogP contribution is 2.13. The van der Waals surface area contributed by atoms with Crippen molar-refractivity contribution in [2.45, 2.75) is 20.3 Å². The molecule has 17 heavy (non-hydrogen) atoms. The van der Waals surface area contributed by atoms with E-state index in [2.05, 4.69) is 6.92 Å². The molecule has 0 aromatic heterocycles. The minimum Gasteiger partial charge on any atom is -0.494 e. The lowest BCUT2D eigenvalue weighted by atomic mass is 10.2. The molecule has 1 rings (SSSR count). The molecule has 0 atom stereocenters. The van der Waals surface area contributed by atoms with Gasteiger partial charge in [-0.3, -0.25) is 0 Å². The van der Waals surface area contributed by atoms with Gasteiger partial charge in [-0.15, -0.1) is 0 Å². The predicted molar refractivity (Wildman–Crippen MR) is 67.9 cm³/mol. The van der Waals surface area contributed by atoms with E-state index < -0.39 is 0 Å². The maximum Gasteiger partial charge on any atom is 0.330 e. The zero-order chi connectivity index (χ0) is 12.5. The third kappa shape index (κ3) is 5.20. The van der Waals surface area contributed by atoms with Crippen molar-refractivity contribution in [1.29, 1.82) is 0 Å². The van der Waals surface area contributed by atoms with Gasteiger partial charge in [0.25, 0.3) is 0 Å². The van der Waals surface area contributed by atoms with Gasteiger partial charge in [0.05, 0.1) is 13.2 Å². The van der Waals surface area contributed by atoms with E-state index in [4.69, 9.17) is 9.47 Å². The Bertz CT molecular complexity index is 366. The average molecular weight is 234 g/mol. The Labute approximate surface area is 102 Å². The number of ether oxygens (including phenoxy) is 2. The molecule has 0 saturated heterocycles. The van der Waals surface area contributed by atoms with Crippen LogP contribution in [0.5, 0.6) is 5.75 Å². The first-order valence-corrected chi connectivity index (χ1v) is 5.84. The van der Waals surface area contributed by atoms with Crippen molar-refractivity contribution in [3.05, 3.63) is 35.9 Å². The maximum absolute atomic E-state index is 11.1. The van der Waals surface area contributed by atoms with E-state index in [-0.39, 0.29) is 5.97 Å². The molecule has 3 nitrogen and oxygen atoms in total. The lowest BCUT2D eigenvalue weighted by Gasteiger charge is -2.03. The third-order valence-electron chi connectivity index (χ3n) is 2.05. The van der Waals surface area contributed by atoms with Gasteiger partial charge in [-0.05, 0) is 37.1 Å². The lowest BCUT2D eigenvalue weighted by molar-refractivity contribution is -0.137. The first kappa shape index (κ1) is 13.3. The van der Waals surface area contributed by atoms with E-state index >= 15 is 0 Å². The van der Waals surface area contributed by atoms with Crippen LogP contribution in [-0.2, 0) is 9.53 Å². The summed E-state index contributed by atoms with van der Waals surface area (Å²) in [7, 11) is 0. The van der Waals surface area contributed by atoms with Gasteiger partial charge in [0, 0.05) is 6.08 Å². The van der Waals surface area contributed by atoms with Crippen molar-refractivity contribution in [3.63, 3.8) is 0 Å². The van der Waals surface area contributed by atoms with E-state index in [0.29, 0.717) is 6.61 Å². The second-order valence-corrected chi connectivity index (χ2v) is 3.50. The van der Waals surface area contributed by atoms with Crippen LogP contribution in [0.1, 0.15) is 25.8 Å². The second-order valence-electron chi connectivity index (χ2n) is 3.50. The summed E-state index contributed by atoms with van der Waals surface area (Å²) < 4.78 is 10.2. The van der Waals surface area contributed by atoms with Crippen molar-refractivity contribution < 1.29 is 14.3 Å². The molecule has 0 unspecified atom stereocenters. The highest BCUT2D eigenvalue weighted by Gasteiger charge is 1.95. The first-order chi connectivity index (χ1) is 8.26. The molecule has 0 aliphatic heterocycles. The molecule has 0 spiro atoms. The molecule has 0 heterocycles. The number of esters is 1. The minimum absolute atomic E-state index is 0.321. The Morgan fingerprint density at radius 2 is 1.94 bits per heavy atom. The fourth-order valence-corrected chi connectivity index (χ4v) is 1.25. The molecule has 0 bridgehead atoms. The molecule has 92 valence electrons. The van der Waals surface area contributed by atoms with Crippen molar-refractivity contribution in [2.75, 3.05) is 13.2 Å². The number of hydrogen-bond acceptors (Lipinski definition) is 3. The van der Waals surface area contributed by atoms with E-state index in [1.165, 1.54) is 6.08 Å². The number of carbonyl (C=O) groups excluding carboxylic acids is 1. The van der Waals surface area contributed by atoms with Crippen LogP contribution in [0.3, 0.4) is 0 Å². The Balaban J connectivity index is 2.53. The van der Waals surface area contributed by atoms with Gasteiger partial charge >= 0.3 is 5.97 Å². The van der Waals surface area contributed by atoms with Gasteiger partial charge in [0.2, 0.25) is 0 Å². The highest BCUT2D eigenvalue weighted by atomic mass is 16.5. The maximum atomic E-state index is 11.1. The van der Waals surface area contributed by atoms with Crippen LogP contribution in [-0.4, -0.2) is 19.2 Å². The number of carbonyl (C=O) groups is 1. The fourth-order valence-electron chi connectivity index (χ4n) is 1.25. The van der Waals surface area contributed by atoms with Crippen molar-refractivity contribution in [2.24, 2.45) is 0 Å². The Hall–Kier alpha value is -1.77. The highest BCUT2D eigenvalue weighted by molar-refractivity contribution is 5.87. The van der Waals surface area contributed by atoms with Gasteiger partial charge in [0.15, 0.2) is 0 Å². The molecule has 0 radical (unpaired) electrons. The molecule has 0 saturated carbocycles. The molecular weight excluding hydrogens is 216 g/mol. The van der Waals surface area contributed by atoms with Crippen LogP contribution in [0.4, 0.5) is 0 Å². The Kier molecular flexibility index (Phi) is 5.86. The molecule has 3 heteroatoms. The van der Waals surface area contributed by atoms with Gasteiger partial charge in [-0.2, -0.15) is 0 Å². The van der Waals surface area contributed by atoms with Gasteiger partial charge in [0.1, 0.15) is 5.75 Å². The molecular formula is C14H18O3. The standard InChI is InChI=1S/C14H18O3/c1-3-11-17-13-8-5-12(6-9-13)7-10-14(15)16-4-2/h5-10H,3-4,11H2,1-2H3/b10-7+. The first-order valence-electron chi connectivity index (χ1n) is 5.84. The molecule has 1 aromatic rings. The molecule has 0 amide bonds. The summed E-state index contributed by atoms with van der Waals surface area (Å²) in [6.45, 7) is 4.97. The fraction of sp³-hybridized carbons (Fsp3) is 0.357. The quantitative estimate of drug-likeness (QED) is 0.560. The van der Waals surface area contributed by atoms with Crippen molar-refractivity contribution >= 4 is 12.0 Å². The molecule has 0 aliphatic carbocycles. The largest absolute Gasteiger partial charge is 0.494 e. The van der Waals surface area contributed by atoms with Crippen LogP contribution < -0.4 is 4.74 Å². The van der Waals surface area contributed by atoms with Crippen molar-refractivity contribution in [3.8, 4) is 5.75 Å². The predicted octanol–water partition coefficient (Wildman–Crippen LogP) is 3.05. The Morgan fingerprint density at radius 1 is 1.24 bits per heavy atom. The lowest BCUT2D eigenvalue weighted by Crippen LogP contribution is -1.98.